The molecule has 0 aliphatic carbocycles. The van der Waals surface area contributed by atoms with Crippen molar-refractivity contribution >= 4 is 28.4 Å². The third-order valence-electron chi connectivity index (χ3n) is 4.47. The van der Waals surface area contributed by atoms with Gasteiger partial charge in [0.15, 0.2) is 0 Å². The van der Waals surface area contributed by atoms with Gasteiger partial charge in [-0.1, -0.05) is 0 Å². The van der Waals surface area contributed by atoms with E-state index in [0.717, 1.165) is 4.90 Å². The smallest absolute Gasteiger partial charge is 0.418 e. The maximum atomic E-state index is 12.4. The van der Waals surface area contributed by atoms with E-state index in [2.05, 4.69) is 9.76 Å². The van der Waals surface area contributed by atoms with Crippen LogP contribution in [0.2, 0.25) is 0 Å². The number of piperidine rings is 1. The lowest BCUT2D eigenvalue weighted by Gasteiger charge is -2.29. The van der Waals surface area contributed by atoms with Crippen LogP contribution < -0.4 is 5.48 Å². The number of hydrogen-bond donors (Lipinski definition) is 2. The lowest BCUT2D eigenvalue weighted by atomic mass is 10.0. The van der Waals surface area contributed by atoms with Crippen molar-refractivity contribution in [2.45, 2.75) is 58.2 Å². The normalized spacial score (nSPS) is 21.6. The summed E-state index contributed by atoms with van der Waals surface area (Å²) in [4.78, 5) is 44.5. The molecule has 172 valence electrons. The Kier molecular flexibility index (Phi) is 7.49. The molecule has 2 aliphatic rings. The number of amides is 4. The van der Waals surface area contributed by atoms with Crippen molar-refractivity contribution in [1.29, 1.82) is 0 Å². The molecule has 2 saturated heterocycles. The summed E-state index contributed by atoms with van der Waals surface area (Å²) >= 11 is 0. The van der Waals surface area contributed by atoms with Gasteiger partial charge in [-0.05, 0) is 40.5 Å². The van der Waals surface area contributed by atoms with E-state index in [1.54, 1.807) is 27.7 Å². The van der Waals surface area contributed by atoms with Crippen LogP contribution in [-0.4, -0.2) is 89.8 Å². The van der Waals surface area contributed by atoms with Gasteiger partial charge in [0.2, 0.25) is 0 Å². The fraction of sp³-hybridized carbons (Fsp3) is 0.812. The zero-order valence-electron chi connectivity index (χ0n) is 17.4. The van der Waals surface area contributed by atoms with Crippen LogP contribution in [0.3, 0.4) is 0 Å². The number of carbonyl (C=O) groups excluding carboxylic acids is 3. The van der Waals surface area contributed by atoms with Crippen LogP contribution in [-0.2, 0) is 29.1 Å². The summed E-state index contributed by atoms with van der Waals surface area (Å²) < 4.78 is 40.2. The van der Waals surface area contributed by atoms with E-state index in [9.17, 15) is 22.8 Å². The highest BCUT2D eigenvalue weighted by Crippen LogP contribution is 2.30. The molecular formula is C16H28N4O9S. The SMILES string of the molecule is CCN(CCONC(=O)[C@@H]1CC[C@@H]2CN1C(=O)N2OS(=O)(=O)O)C(=O)OC(C)(C)C. The van der Waals surface area contributed by atoms with E-state index in [1.165, 1.54) is 4.90 Å². The molecule has 2 aliphatic heterocycles. The molecule has 14 heteroatoms. The number of urea groups is 1. The second-order valence-corrected chi connectivity index (χ2v) is 8.89. The van der Waals surface area contributed by atoms with Crippen molar-refractivity contribution in [3.05, 3.63) is 0 Å². The van der Waals surface area contributed by atoms with Gasteiger partial charge in [-0.2, -0.15) is 13.5 Å². The van der Waals surface area contributed by atoms with Crippen LogP contribution in [0.25, 0.3) is 0 Å². The van der Waals surface area contributed by atoms with Gasteiger partial charge >= 0.3 is 22.5 Å². The van der Waals surface area contributed by atoms with Crippen LogP contribution in [0, 0.1) is 0 Å². The molecule has 0 aromatic carbocycles. The topological polar surface area (TPSA) is 155 Å². The summed E-state index contributed by atoms with van der Waals surface area (Å²) in [6.45, 7) is 7.69. The molecule has 0 radical (unpaired) electrons. The van der Waals surface area contributed by atoms with Crippen molar-refractivity contribution < 1.29 is 41.2 Å². The Hall–Kier alpha value is -2.16. The van der Waals surface area contributed by atoms with Crippen molar-refractivity contribution in [3.63, 3.8) is 0 Å². The lowest BCUT2D eigenvalue weighted by molar-refractivity contribution is -0.139. The van der Waals surface area contributed by atoms with Crippen LogP contribution in [0.4, 0.5) is 9.59 Å². The number of hydrogen-bond acceptors (Lipinski definition) is 8. The monoisotopic (exact) mass is 452 g/mol. The van der Waals surface area contributed by atoms with E-state index in [1.807, 2.05) is 0 Å². The fourth-order valence-corrected chi connectivity index (χ4v) is 3.54. The number of hydroxylamine groups is 3. The molecule has 2 fully saturated rings. The largest absolute Gasteiger partial charge is 0.444 e. The molecule has 2 N–H and O–H groups in total. The average molecular weight is 452 g/mol. The van der Waals surface area contributed by atoms with E-state index in [-0.39, 0.29) is 26.1 Å². The molecule has 0 aromatic heterocycles. The zero-order chi connectivity index (χ0) is 22.7. The number of rotatable bonds is 8. The Morgan fingerprint density at radius 3 is 2.53 bits per heavy atom. The maximum absolute atomic E-state index is 12.4. The minimum Gasteiger partial charge on any atom is -0.444 e. The first-order chi connectivity index (χ1) is 13.8. The number of likely N-dealkylation sites (N-methyl/N-ethyl adjacent to an activating group) is 1. The van der Waals surface area contributed by atoms with Gasteiger partial charge in [-0.25, -0.2) is 15.1 Å². The minimum atomic E-state index is -4.85. The number of fused-ring (bicyclic) bond motifs is 2. The number of carbonyl (C=O) groups is 3. The molecule has 0 spiro atoms. The summed E-state index contributed by atoms with van der Waals surface area (Å²) in [6.07, 6.45) is 0.0634. The predicted molar refractivity (Wildman–Crippen MR) is 101 cm³/mol. The van der Waals surface area contributed by atoms with Crippen LogP contribution in [0.15, 0.2) is 0 Å². The second-order valence-electron chi connectivity index (χ2n) is 7.88. The molecule has 0 unspecified atom stereocenters. The summed E-state index contributed by atoms with van der Waals surface area (Å²) in [5, 5.41) is 0.559. The summed E-state index contributed by atoms with van der Waals surface area (Å²) in [7, 11) is -4.85. The Labute approximate surface area is 175 Å². The molecule has 0 saturated carbocycles. The van der Waals surface area contributed by atoms with Crippen molar-refractivity contribution in [2.75, 3.05) is 26.2 Å². The van der Waals surface area contributed by atoms with E-state index in [4.69, 9.17) is 14.1 Å². The Morgan fingerprint density at radius 1 is 1.30 bits per heavy atom. The van der Waals surface area contributed by atoms with Gasteiger partial charge in [0.25, 0.3) is 5.91 Å². The quantitative estimate of drug-likeness (QED) is 0.300. The van der Waals surface area contributed by atoms with E-state index >= 15 is 0 Å². The molecule has 2 bridgehead atoms. The molecule has 30 heavy (non-hydrogen) atoms. The van der Waals surface area contributed by atoms with Gasteiger partial charge in [0.05, 0.1) is 12.6 Å². The Bertz CT molecular complexity index is 767. The highest BCUT2D eigenvalue weighted by Gasteiger charge is 2.49. The maximum Gasteiger partial charge on any atom is 0.418 e. The molecule has 13 nitrogen and oxygen atoms in total. The van der Waals surface area contributed by atoms with Crippen molar-refractivity contribution in [3.8, 4) is 0 Å². The zero-order valence-corrected chi connectivity index (χ0v) is 18.2. The second kappa shape index (κ2) is 9.32. The summed E-state index contributed by atoms with van der Waals surface area (Å²) in [6, 6.07) is -2.30. The Balaban J connectivity index is 1.82. The first kappa shape index (κ1) is 24.1. The van der Waals surface area contributed by atoms with Gasteiger partial charge in [0.1, 0.15) is 11.6 Å². The first-order valence-corrected chi connectivity index (χ1v) is 10.9. The fourth-order valence-electron chi connectivity index (χ4n) is 3.16. The molecule has 0 aromatic rings. The summed E-state index contributed by atoms with van der Waals surface area (Å²) in [5.74, 6) is -0.587. The molecule has 4 amide bonds. The number of nitrogens with one attached hydrogen (secondary N) is 1. The standard InChI is InChI=1S/C16H28N4O9S/c1-5-18(15(23)28-16(2,3)4)8-9-27-17-13(21)12-7-6-11-10-19(12)14(22)20(11)29-30(24,25)26/h11-12H,5-10H2,1-4H3,(H,17,21)(H,24,25,26)/t11-,12+/m1/s1. The van der Waals surface area contributed by atoms with Crippen LogP contribution in [0.1, 0.15) is 40.5 Å². The van der Waals surface area contributed by atoms with Gasteiger partial charge in [-0.15, -0.1) is 4.28 Å². The lowest BCUT2D eigenvalue weighted by Crippen LogP contribution is -2.50. The molecule has 2 atom stereocenters. The predicted octanol–water partition coefficient (Wildman–Crippen LogP) is 0.294. The van der Waals surface area contributed by atoms with Crippen molar-refractivity contribution in [1.82, 2.24) is 20.3 Å². The van der Waals surface area contributed by atoms with Gasteiger partial charge in [-0.3, -0.25) is 14.2 Å². The highest BCUT2D eigenvalue weighted by molar-refractivity contribution is 7.80. The molecule has 2 rings (SSSR count). The average Bonchev–Trinajstić information content (AvgIpc) is 2.83. The Morgan fingerprint density at radius 2 is 1.97 bits per heavy atom. The molecule has 2 heterocycles. The van der Waals surface area contributed by atoms with Crippen molar-refractivity contribution in [2.24, 2.45) is 0 Å². The van der Waals surface area contributed by atoms with Gasteiger partial charge in [0, 0.05) is 19.6 Å². The summed E-state index contributed by atoms with van der Waals surface area (Å²) in [5.41, 5.74) is 1.62. The van der Waals surface area contributed by atoms with E-state index < -0.39 is 46.1 Å². The molecular weight excluding hydrogens is 424 g/mol. The number of nitrogens with zero attached hydrogens (tertiary/aromatic N) is 3. The number of ether oxygens (including phenoxy) is 1. The first-order valence-electron chi connectivity index (χ1n) is 9.48. The van der Waals surface area contributed by atoms with Crippen LogP contribution in [0.5, 0.6) is 0 Å². The minimum absolute atomic E-state index is 0.000106. The third-order valence-corrected chi connectivity index (χ3v) is 4.82. The highest BCUT2D eigenvalue weighted by atomic mass is 32.3. The van der Waals surface area contributed by atoms with Crippen LogP contribution >= 0.6 is 0 Å². The third kappa shape index (κ3) is 6.42. The van der Waals surface area contributed by atoms with E-state index in [0.29, 0.717) is 18.0 Å². The van der Waals surface area contributed by atoms with Gasteiger partial charge < -0.3 is 14.5 Å².